The number of nitrogens with one attached hydrogen (secondary N) is 1. The van der Waals surface area contributed by atoms with Gasteiger partial charge >= 0.3 is 0 Å². The second-order valence-corrected chi connectivity index (χ2v) is 7.32. The van der Waals surface area contributed by atoms with Gasteiger partial charge in [0.2, 0.25) is 0 Å². The van der Waals surface area contributed by atoms with Crippen molar-refractivity contribution >= 4 is 23.0 Å². The SMILES string of the molecule is Cc1cccc(NC(=S)N(C)Cc2c(C)nn(-c3ccccc3)c2C)c1C. The molecule has 0 bridgehead atoms. The molecular formula is C22H26N4S. The highest BCUT2D eigenvalue weighted by Gasteiger charge is 2.16. The summed E-state index contributed by atoms with van der Waals surface area (Å²) in [5, 5.41) is 8.81. The maximum Gasteiger partial charge on any atom is 0.173 e. The van der Waals surface area contributed by atoms with Crippen LogP contribution in [0.2, 0.25) is 0 Å². The Kier molecular flexibility index (Phi) is 5.61. The van der Waals surface area contributed by atoms with E-state index in [1.54, 1.807) is 0 Å². The maximum absolute atomic E-state index is 5.64. The number of aryl methyl sites for hydroxylation is 2. The Morgan fingerprint density at radius 2 is 1.74 bits per heavy atom. The molecule has 4 nitrogen and oxygen atoms in total. The van der Waals surface area contributed by atoms with E-state index in [-0.39, 0.29) is 0 Å². The maximum atomic E-state index is 5.64. The first-order chi connectivity index (χ1) is 12.9. The molecule has 0 aliphatic heterocycles. The van der Waals surface area contributed by atoms with Crippen molar-refractivity contribution in [2.75, 3.05) is 12.4 Å². The van der Waals surface area contributed by atoms with Crippen LogP contribution >= 0.6 is 12.2 Å². The number of thiocarbonyl (C=S) groups is 1. The van der Waals surface area contributed by atoms with Crippen LogP contribution in [-0.4, -0.2) is 26.8 Å². The van der Waals surface area contributed by atoms with Gasteiger partial charge in [-0.1, -0.05) is 30.3 Å². The zero-order valence-corrected chi connectivity index (χ0v) is 17.4. The molecule has 0 aliphatic rings. The number of nitrogens with zero attached hydrogens (tertiary/aromatic N) is 3. The third-order valence-corrected chi connectivity index (χ3v) is 5.44. The number of benzene rings is 2. The molecule has 5 heteroatoms. The average molecular weight is 379 g/mol. The highest BCUT2D eigenvalue weighted by atomic mass is 32.1. The Morgan fingerprint density at radius 3 is 2.44 bits per heavy atom. The zero-order valence-electron chi connectivity index (χ0n) is 16.6. The molecule has 1 aromatic heterocycles. The summed E-state index contributed by atoms with van der Waals surface area (Å²) in [7, 11) is 2.01. The smallest absolute Gasteiger partial charge is 0.173 e. The number of anilines is 1. The fourth-order valence-electron chi connectivity index (χ4n) is 3.13. The van der Waals surface area contributed by atoms with Crippen LogP contribution in [-0.2, 0) is 6.54 Å². The van der Waals surface area contributed by atoms with E-state index in [0.717, 1.165) is 22.8 Å². The highest BCUT2D eigenvalue weighted by Crippen LogP contribution is 2.21. The van der Waals surface area contributed by atoms with Gasteiger partial charge in [0, 0.05) is 30.5 Å². The van der Waals surface area contributed by atoms with Gasteiger partial charge < -0.3 is 10.2 Å². The van der Waals surface area contributed by atoms with Crippen LogP contribution in [0.4, 0.5) is 5.69 Å². The predicted molar refractivity (Wildman–Crippen MR) is 117 cm³/mol. The number of para-hydroxylation sites is 1. The lowest BCUT2D eigenvalue weighted by atomic mass is 10.1. The van der Waals surface area contributed by atoms with Crippen LogP contribution in [0.15, 0.2) is 48.5 Å². The number of hydrogen-bond donors (Lipinski definition) is 1. The van der Waals surface area contributed by atoms with E-state index in [9.17, 15) is 0 Å². The third-order valence-electron chi connectivity index (χ3n) is 5.03. The summed E-state index contributed by atoms with van der Waals surface area (Å²) >= 11 is 5.64. The minimum Gasteiger partial charge on any atom is -0.348 e. The molecule has 0 saturated heterocycles. The summed E-state index contributed by atoms with van der Waals surface area (Å²) in [5.74, 6) is 0. The molecule has 140 valence electrons. The number of aromatic nitrogens is 2. The van der Waals surface area contributed by atoms with Crippen molar-refractivity contribution < 1.29 is 0 Å². The topological polar surface area (TPSA) is 33.1 Å². The number of hydrogen-bond acceptors (Lipinski definition) is 2. The van der Waals surface area contributed by atoms with Crippen molar-refractivity contribution in [2.24, 2.45) is 0 Å². The fraction of sp³-hybridized carbons (Fsp3) is 0.273. The van der Waals surface area contributed by atoms with Gasteiger partial charge in [-0.3, -0.25) is 0 Å². The van der Waals surface area contributed by atoms with Crippen molar-refractivity contribution in [1.29, 1.82) is 0 Å². The molecule has 27 heavy (non-hydrogen) atoms. The molecule has 0 saturated carbocycles. The van der Waals surface area contributed by atoms with Crippen LogP contribution in [0.5, 0.6) is 0 Å². The molecule has 0 amide bonds. The van der Waals surface area contributed by atoms with E-state index >= 15 is 0 Å². The first kappa shape index (κ1) is 19.1. The van der Waals surface area contributed by atoms with Gasteiger partial charge in [-0.05, 0) is 69.2 Å². The molecule has 1 heterocycles. The van der Waals surface area contributed by atoms with E-state index in [1.807, 2.05) is 36.0 Å². The molecule has 0 aliphatic carbocycles. The molecule has 0 unspecified atom stereocenters. The van der Waals surface area contributed by atoms with Gasteiger partial charge in [0.15, 0.2) is 5.11 Å². The summed E-state index contributed by atoms with van der Waals surface area (Å²) in [4.78, 5) is 2.06. The van der Waals surface area contributed by atoms with Crippen LogP contribution in [0.1, 0.15) is 28.1 Å². The van der Waals surface area contributed by atoms with Gasteiger partial charge in [0.1, 0.15) is 0 Å². The Bertz CT molecular complexity index is 960. The van der Waals surface area contributed by atoms with Crippen molar-refractivity contribution in [3.05, 3.63) is 76.6 Å². The highest BCUT2D eigenvalue weighted by molar-refractivity contribution is 7.80. The fourth-order valence-corrected chi connectivity index (χ4v) is 3.31. The summed E-state index contributed by atoms with van der Waals surface area (Å²) in [5.41, 5.74) is 7.96. The lowest BCUT2D eigenvalue weighted by molar-refractivity contribution is 0.505. The Labute approximate surface area is 166 Å². The molecule has 3 aromatic rings. The van der Waals surface area contributed by atoms with Crippen molar-refractivity contribution in [3.63, 3.8) is 0 Å². The Morgan fingerprint density at radius 1 is 1.04 bits per heavy atom. The molecule has 1 N–H and O–H groups in total. The largest absolute Gasteiger partial charge is 0.348 e. The second-order valence-electron chi connectivity index (χ2n) is 6.93. The van der Waals surface area contributed by atoms with Crippen LogP contribution in [0, 0.1) is 27.7 Å². The van der Waals surface area contributed by atoms with E-state index < -0.39 is 0 Å². The van der Waals surface area contributed by atoms with Gasteiger partial charge in [-0.15, -0.1) is 0 Å². The van der Waals surface area contributed by atoms with E-state index in [1.165, 1.54) is 16.7 Å². The average Bonchev–Trinajstić information content (AvgIpc) is 2.94. The van der Waals surface area contributed by atoms with Crippen LogP contribution in [0.3, 0.4) is 0 Å². The van der Waals surface area contributed by atoms with Crippen LogP contribution in [0.25, 0.3) is 5.69 Å². The Balaban J connectivity index is 1.78. The quantitative estimate of drug-likeness (QED) is 0.652. The van der Waals surface area contributed by atoms with E-state index in [2.05, 4.69) is 62.2 Å². The lowest BCUT2D eigenvalue weighted by Gasteiger charge is -2.22. The molecular weight excluding hydrogens is 352 g/mol. The Hall–Kier alpha value is -2.66. The van der Waals surface area contributed by atoms with E-state index in [4.69, 9.17) is 17.3 Å². The molecule has 2 aromatic carbocycles. The first-order valence-corrected chi connectivity index (χ1v) is 9.48. The van der Waals surface area contributed by atoms with Crippen LogP contribution < -0.4 is 5.32 Å². The summed E-state index contributed by atoms with van der Waals surface area (Å²) in [6.07, 6.45) is 0. The third kappa shape index (κ3) is 4.03. The minimum atomic E-state index is 0.704. The van der Waals surface area contributed by atoms with Gasteiger partial charge in [0.25, 0.3) is 0 Å². The van der Waals surface area contributed by atoms with Crippen molar-refractivity contribution in [3.8, 4) is 5.69 Å². The van der Waals surface area contributed by atoms with E-state index in [0.29, 0.717) is 11.7 Å². The molecule has 0 spiro atoms. The molecule has 0 atom stereocenters. The van der Waals surface area contributed by atoms with Gasteiger partial charge in [-0.25, -0.2) is 4.68 Å². The first-order valence-electron chi connectivity index (χ1n) is 9.07. The molecule has 0 fully saturated rings. The summed E-state index contributed by atoms with van der Waals surface area (Å²) in [6, 6.07) is 16.4. The summed E-state index contributed by atoms with van der Waals surface area (Å²) < 4.78 is 2.00. The van der Waals surface area contributed by atoms with Gasteiger partial charge in [-0.2, -0.15) is 5.10 Å². The number of rotatable bonds is 4. The monoisotopic (exact) mass is 378 g/mol. The normalized spacial score (nSPS) is 10.7. The summed E-state index contributed by atoms with van der Waals surface area (Å²) in [6.45, 7) is 9.09. The molecule has 3 rings (SSSR count). The minimum absolute atomic E-state index is 0.704. The van der Waals surface area contributed by atoms with Gasteiger partial charge in [0.05, 0.1) is 11.4 Å². The predicted octanol–water partition coefficient (Wildman–Crippen LogP) is 4.93. The zero-order chi connectivity index (χ0) is 19.6. The standard InChI is InChI=1S/C22H26N4S/c1-15-10-9-13-21(16(15)2)23-22(27)25(5)14-20-17(3)24-26(18(20)4)19-11-7-6-8-12-19/h6-13H,14H2,1-5H3,(H,23,27). The second kappa shape index (κ2) is 7.92. The lowest BCUT2D eigenvalue weighted by Crippen LogP contribution is -2.31. The van der Waals surface area contributed by atoms with Crippen molar-refractivity contribution in [1.82, 2.24) is 14.7 Å². The molecule has 0 radical (unpaired) electrons. The van der Waals surface area contributed by atoms with Crippen molar-refractivity contribution in [2.45, 2.75) is 34.2 Å².